The molecule has 0 aromatic rings. The maximum atomic E-state index is 12.4. The molecular weight excluding hydrogens is 947 g/mol. The molecule has 0 bridgehead atoms. The summed E-state index contributed by atoms with van der Waals surface area (Å²) < 4.78 is 5.49. The van der Waals surface area contributed by atoms with Crippen LogP contribution in [-0.2, 0) is 14.3 Å². The summed E-state index contributed by atoms with van der Waals surface area (Å²) >= 11 is 0. The smallest absolute Gasteiger partial charge is 0.305 e. The third-order valence-corrected chi connectivity index (χ3v) is 16.2. The molecule has 454 valence electrons. The molecule has 0 radical (unpaired) electrons. The van der Waals surface area contributed by atoms with Crippen molar-refractivity contribution in [1.29, 1.82) is 0 Å². The highest BCUT2D eigenvalue weighted by atomic mass is 16.5. The Morgan fingerprint density at radius 2 is 0.649 bits per heavy atom. The Morgan fingerprint density at radius 1 is 0.364 bits per heavy atom. The molecule has 0 saturated carbocycles. The monoisotopic (exact) mass is 1080 g/mol. The van der Waals surface area contributed by atoms with Crippen LogP contribution in [0.4, 0.5) is 0 Å². The van der Waals surface area contributed by atoms with Gasteiger partial charge in [0.05, 0.1) is 25.4 Å². The first kappa shape index (κ1) is 75.1. The van der Waals surface area contributed by atoms with Crippen LogP contribution in [0.15, 0.2) is 36.5 Å². The van der Waals surface area contributed by atoms with Gasteiger partial charge in [0.1, 0.15) is 0 Å². The minimum atomic E-state index is -0.661. The number of carbonyl (C=O) groups is 2. The average molecular weight is 1080 g/mol. The van der Waals surface area contributed by atoms with E-state index in [0.717, 1.165) is 51.4 Å². The summed E-state index contributed by atoms with van der Waals surface area (Å²) in [4.78, 5) is 24.5. The van der Waals surface area contributed by atoms with E-state index < -0.39 is 12.1 Å². The Balaban J connectivity index is 3.35. The van der Waals surface area contributed by atoms with Crippen molar-refractivity contribution in [2.24, 2.45) is 0 Å². The second-order valence-corrected chi connectivity index (χ2v) is 23.9. The standard InChI is InChI=1S/C71H135NO5/c1-3-5-7-9-11-13-15-16-38-42-45-49-53-57-61-65-71(76)77-66-62-58-54-50-46-43-40-37-35-33-31-29-27-25-23-21-19-17-18-20-22-24-26-28-30-32-34-36-39-41-44-48-52-56-60-64-70(75)72-68(67-73)69(74)63-59-55-51-47-14-12-10-8-6-4-2/h16,19,21,25,27,38,68-69,73-74H,3-15,17-18,20,22-24,26,28-37,39-67H2,1-2H3,(H,72,75)/b21-19-,27-25-,38-16-. The van der Waals surface area contributed by atoms with E-state index in [1.807, 2.05) is 0 Å². The van der Waals surface area contributed by atoms with Crippen LogP contribution in [0.25, 0.3) is 0 Å². The van der Waals surface area contributed by atoms with Crippen molar-refractivity contribution >= 4 is 11.9 Å². The summed E-state index contributed by atoms with van der Waals surface area (Å²) in [6.07, 6.45) is 84.9. The quantitative estimate of drug-likeness (QED) is 0.0320. The zero-order valence-corrected chi connectivity index (χ0v) is 52.0. The molecule has 6 nitrogen and oxygen atoms in total. The lowest BCUT2D eigenvalue weighted by Gasteiger charge is -2.22. The Labute approximate surface area is 481 Å². The van der Waals surface area contributed by atoms with Gasteiger partial charge in [0.15, 0.2) is 0 Å². The van der Waals surface area contributed by atoms with Gasteiger partial charge in [-0.15, -0.1) is 0 Å². The number of hydrogen-bond acceptors (Lipinski definition) is 5. The molecule has 2 unspecified atom stereocenters. The van der Waals surface area contributed by atoms with E-state index in [1.54, 1.807) is 0 Å². The van der Waals surface area contributed by atoms with Crippen LogP contribution < -0.4 is 5.32 Å². The minimum absolute atomic E-state index is 0.00903. The molecule has 77 heavy (non-hydrogen) atoms. The SMILES string of the molecule is CCCCCCCC/C=C\CCCCCCCC(=O)OCCCCCCCCCCCCC/C=C\C/C=C\CCCCCCCCCCCCCCCCCCCC(=O)NC(CO)C(O)CCCCCCCCCCCC. The van der Waals surface area contributed by atoms with E-state index in [9.17, 15) is 19.8 Å². The van der Waals surface area contributed by atoms with Crippen LogP contribution in [-0.4, -0.2) is 47.4 Å². The van der Waals surface area contributed by atoms with Crippen molar-refractivity contribution in [2.45, 2.75) is 392 Å². The normalized spacial score (nSPS) is 12.7. The first-order chi connectivity index (χ1) is 38.0. The fourth-order valence-electron chi connectivity index (χ4n) is 10.8. The summed E-state index contributed by atoms with van der Waals surface area (Å²) in [6.45, 7) is 4.95. The Hall–Kier alpha value is -1.92. The molecule has 0 aliphatic heterocycles. The lowest BCUT2D eigenvalue weighted by Crippen LogP contribution is -2.45. The third-order valence-electron chi connectivity index (χ3n) is 16.2. The Morgan fingerprint density at radius 3 is 1.00 bits per heavy atom. The van der Waals surface area contributed by atoms with Crippen LogP contribution in [0.1, 0.15) is 380 Å². The summed E-state index contributed by atoms with van der Waals surface area (Å²) in [5, 5.41) is 23.2. The van der Waals surface area contributed by atoms with Crippen molar-refractivity contribution < 1.29 is 24.5 Å². The molecule has 0 aromatic heterocycles. The lowest BCUT2D eigenvalue weighted by molar-refractivity contribution is -0.143. The number of nitrogens with one attached hydrogen (secondary N) is 1. The summed E-state index contributed by atoms with van der Waals surface area (Å²) in [6, 6.07) is -0.538. The van der Waals surface area contributed by atoms with Crippen molar-refractivity contribution in [1.82, 2.24) is 5.32 Å². The lowest BCUT2D eigenvalue weighted by atomic mass is 10.0. The first-order valence-electron chi connectivity index (χ1n) is 34.7. The molecule has 6 heteroatoms. The molecule has 0 aliphatic rings. The highest BCUT2D eigenvalue weighted by molar-refractivity contribution is 5.76. The average Bonchev–Trinajstić information content (AvgIpc) is 3.43. The van der Waals surface area contributed by atoms with Crippen molar-refractivity contribution in [3.8, 4) is 0 Å². The molecule has 0 aromatic carbocycles. The van der Waals surface area contributed by atoms with Gasteiger partial charge in [0.25, 0.3) is 0 Å². The Bertz CT molecular complexity index is 1250. The van der Waals surface area contributed by atoms with E-state index in [1.165, 1.54) is 295 Å². The second-order valence-electron chi connectivity index (χ2n) is 23.9. The van der Waals surface area contributed by atoms with Gasteiger partial charge in [-0.05, 0) is 83.5 Å². The molecule has 1 amide bonds. The van der Waals surface area contributed by atoms with Gasteiger partial charge in [-0.25, -0.2) is 0 Å². The van der Waals surface area contributed by atoms with Crippen LogP contribution in [0.5, 0.6) is 0 Å². The number of carbonyl (C=O) groups excluding carboxylic acids is 2. The third kappa shape index (κ3) is 63.1. The number of aliphatic hydroxyl groups is 2. The minimum Gasteiger partial charge on any atom is -0.466 e. The predicted octanol–water partition coefficient (Wildman–Crippen LogP) is 22.3. The highest BCUT2D eigenvalue weighted by Crippen LogP contribution is 2.18. The number of hydrogen-bond donors (Lipinski definition) is 3. The maximum absolute atomic E-state index is 12.4. The van der Waals surface area contributed by atoms with E-state index in [0.29, 0.717) is 25.9 Å². The predicted molar refractivity (Wildman–Crippen MR) is 338 cm³/mol. The van der Waals surface area contributed by atoms with Crippen LogP contribution in [0.2, 0.25) is 0 Å². The zero-order valence-electron chi connectivity index (χ0n) is 52.0. The number of ether oxygens (including phenoxy) is 1. The van der Waals surface area contributed by atoms with E-state index >= 15 is 0 Å². The second kappa shape index (κ2) is 66.6. The largest absolute Gasteiger partial charge is 0.466 e. The first-order valence-corrected chi connectivity index (χ1v) is 34.7. The molecule has 0 rings (SSSR count). The number of esters is 1. The molecule has 0 fully saturated rings. The van der Waals surface area contributed by atoms with Gasteiger partial charge in [-0.3, -0.25) is 9.59 Å². The number of unbranched alkanes of at least 4 members (excludes halogenated alkanes) is 48. The molecule has 0 aliphatic carbocycles. The van der Waals surface area contributed by atoms with Crippen molar-refractivity contribution in [2.75, 3.05) is 13.2 Å². The van der Waals surface area contributed by atoms with Gasteiger partial charge in [0.2, 0.25) is 5.91 Å². The van der Waals surface area contributed by atoms with Crippen molar-refractivity contribution in [3.63, 3.8) is 0 Å². The topological polar surface area (TPSA) is 95.9 Å². The molecule has 0 spiro atoms. The maximum Gasteiger partial charge on any atom is 0.305 e. The zero-order chi connectivity index (χ0) is 55.7. The number of amides is 1. The molecular formula is C71H135NO5. The fourth-order valence-corrected chi connectivity index (χ4v) is 10.8. The fraction of sp³-hybridized carbons (Fsp3) is 0.887. The van der Waals surface area contributed by atoms with Gasteiger partial charge in [-0.1, -0.05) is 320 Å². The molecule has 0 saturated heterocycles. The Kier molecular flexibility index (Phi) is 64.9. The highest BCUT2D eigenvalue weighted by Gasteiger charge is 2.20. The van der Waals surface area contributed by atoms with Crippen LogP contribution >= 0.6 is 0 Å². The molecule has 3 N–H and O–H groups in total. The number of rotatable bonds is 65. The van der Waals surface area contributed by atoms with Gasteiger partial charge < -0.3 is 20.3 Å². The van der Waals surface area contributed by atoms with Crippen molar-refractivity contribution in [3.05, 3.63) is 36.5 Å². The summed E-state index contributed by atoms with van der Waals surface area (Å²) in [7, 11) is 0. The summed E-state index contributed by atoms with van der Waals surface area (Å²) in [5.41, 5.74) is 0. The van der Waals surface area contributed by atoms with Gasteiger partial charge >= 0.3 is 5.97 Å². The van der Waals surface area contributed by atoms with E-state index in [-0.39, 0.29) is 18.5 Å². The van der Waals surface area contributed by atoms with E-state index in [2.05, 4.69) is 55.6 Å². The molecule has 2 atom stereocenters. The van der Waals surface area contributed by atoms with Gasteiger partial charge in [-0.2, -0.15) is 0 Å². The van der Waals surface area contributed by atoms with Crippen LogP contribution in [0.3, 0.4) is 0 Å². The molecule has 0 heterocycles. The number of allylic oxidation sites excluding steroid dienone is 6. The van der Waals surface area contributed by atoms with Gasteiger partial charge in [0, 0.05) is 12.8 Å². The van der Waals surface area contributed by atoms with E-state index in [4.69, 9.17) is 4.74 Å². The summed E-state index contributed by atoms with van der Waals surface area (Å²) in [5.74, 6) is -0.0239. The number of aliphatic hydroxyl groups excluding tert-OH is 2. The van der Waals surface area contributed by atoms with Crippen LogP contribution in [0, 0.1) is 0 Å².